The molecule has 0 amide bonds. The minimum absolute atomic E-state index is 0.0569. The lowest BCUT2D eigenvalue weighted by molar-refractivity contribution is 0.397. The molecule has 24 nitrogen and oxygen atoms in total. The zero-order chi connectivity index (χ0) is 55.3. The van der Waals surface area contributed by atoms with Crippen molar-refractivity contribution >= 4 is 53.8 Å². The second-order valence-electron chi connectivity index (χ2n) is 20.4. The fourth-order valence-corrected chi connectivity index (χ4v) is 10.9. The highest BCUT2D eigenvalue weighted by molar-refractivity contribution is 7.90. The zero-order valence-corrected chi connectivity index (χ0v) is 45.9. The first-order valence-electron chi connectivity index (χ1n) is 26.1. The fraction of sp³-hybridized carbons (Fsp3) is 0.415. The van der Waals surface area contributed by atoms with Crippen molar-refractivity contribution in [1.29, 1.82) is 0 Å². The van der Waals surface area contributed by atoms with Gasteiger partial charge in [-0.15, -0.1) is 0 Å². The van der Waals surface area contributed by atoms with Crippen molar-refractivity contribution in [1.82, 2.24) is 68.7 Å². The van der Waals surface area contributed by atoms with Crippen molar-refractivity contribution in [3.05, 3.63) is 111 Å². The number of sulfone groups is 1. The molecule has 79 heavy (non-hydrogen) atoms. The number of nitrogens with zero attached hydrogens (tertiary/aromatic N) is 13. The van der Waals surface area contributed by atoms with Gasteiger partial charge in [-0.05, 0) is 114 Å². The molecule has 4 aliphatic carbocycles. The quantitative estimate of drug-likeness (QED) is 0.0844. The Hall–Kier alpha value is -7.97. The van der Waals surface area contributed by atoms with Crippen LogP contribution in [0.5, 0.6) is 11.8 Å². The van der Waals surface area contributed by atoms with Crippen LogP contribution in [0, 0.1) is 11.8 Å². The Morgan fingerprint density at radius 1 is 0.582 bits per heavy atom. The molecule has 0 spiro atoms. The summed E-state index contributed by atoms with van der Waals surface area (Å²) in [7, 11) is -2.42. The Bertz CT molecular complexity index is 4000. The van der Waals surface area contributed by atoms with Crippen LogP contribution < -0.4 is 35.9 Å². The number of aromatic nitrogens is 13. The Morgan fingerprint density at radius 3 is 1.46 bits per heavy atom. The van der Waals surface area contributed by atoms with Gasteiger partial charge >= 0.3 is 0 Å². The van der Waals surface area contributed by atoms with Gasteiger partial charge in [0.1, 0.15) is 39.7 Å². The summed E-state index contributed by atoms with van der Waals surface area (Å²) in [6.45, 7) is 4.54. The molecule has 3 N–H and O–H groups in total. The third-order valence-corrected chi connectivity index (χ3v) is 17.3. The van der Waals surface area contributed by atoms with Crippen LogP contribution in [-0.4, -0.2) is 108 Å². The fourth-order valence-electron chi connectivity index (χ4n) is 9.64. The lowest BCUT2D eigenvalue weighted by Crippen LogP contribution is -2.29. The molecule has 0 aliphatic heterocycles. The third-order valence-electron chi connectivity index (χ3n) is 14.8. The van der Waals surface area contributed by atoms with Crippen LogP contribution in [-0.2, 0) is 33.0 Å². The summed E-state index contributed by atoms with van der Waals surface area (Å²) >= 11 is 0. The SMILES string of the molecule is CNS(=O)(=O)c1ccc(CNc2nc3cnc(-c4c(OC)ncnc4C4CC4)nc3n([C@@H](C)C3CC3)c2=O)nc1.COc1ncnc(C2CC2)c1-c1ncc2nc(NCc3ccc(S(C)(=O)=O)cc3)c(=O)n([C@@H](C)C3CC3)c2n1. The molecule has 26 heteroatoms. The molecule has 2 atom stereocenters. The second kappa shape index (κ2) is 21.3. The number of anilines is 2. The van der Waals surface area contributed by atoms with Crippen molar-refractivity contribution in [2.24, 2.45) is 11.8 Å². The standard InChI is InChI=1S/C27H29N7O4S.C26H29N9O4S/c1-15(17-6-7-17)34-25-20(13-29-23(33-25)21-22(18-8-9-18)30-14-31-26(21)38-2)32-24(27(34)35)28-12-16-4-10-19(11-5-16)39(3,36)37;1-14(15-4-5-15)35-24-19(12-30-22(34-24)20-21(16-6-7-16)31-13-32-25(20)39-3)33-23(26(35)36)29-10-17-8-9-18(11-28-17)40(37,38)27-2/h4-5,10-11,13-15,17-18H,6-9,12H2,1-3H3,(H,28,32);8-9,11-16,27H,4-7,10H2,1-3H3,(H,29,33)/t15-;14-/m00/s1. The number of hydrogen-bond donors (Lipinski definition) is 3. The molecule has 0 unspecified atom stereocenters. The molecular formula is C53H58N16O8S2. The van der Waals surface area contributed by atoms with Crippen LogP contribution in [0.3, 0.4) is 0 Å². The average molecular weight is 1110 g/mol. The molecule has 7 aromatic heterocycles. The third kappa shape index (κ3) is 11.1. The molecule has 8 aromatic rings. The minimum Gasteiger partial charge on any atom is -0.480 e. The minimum atomic E-state index is -3.59. The Balaban J connectivity index is 0.000000167. The number of fused-ring (bicyclic) bond motifs is 2. The highest BCUT2D eigenvalue weighted by atomic mass is 32.2. The topological polar surface area (TPSA) is 309 Å². The molecule has 4 aliphatic rings. The predicted molar refractivity (Wildman–Crippen MR) is 292 cm³/mol. The van der Waals surface area contributed by atoms with E-state index in [2.05, 4.69) is 60.2 Å². The monoisotopic (exact) mass is 1110 g/mol. The maximum absolute atomic E-state index is 13.8. The number of hydrogen-bond acceptors (Lipinski definition) is 21. The molecule has 0 saturated heterocycles. The van der Waals surface area contributed by atoms with Crippen LogP contribution in [0.25, 0.3) is 45.1 Å². The van der Waals surface area contributed by atoms with E-state index < -0.39 is 19.9 Å². The van der Waals surface area contributed by atoms with E-state index in [9.17, 15) is 26.4 Å². The number of benzene rings is 1. The highest BCUT2D eigenvalue weighted by Gasteiger charge is 2.36. The number of pyridine rings is 1. The van der Waals surface area contributed by atoms with Gasteiger partial charge < -0.3 is 20.1 Å². The summed E-state index contributed by atoms with van der Waals surface area (Å²) in [5, 5.41) is 6.22. The molecule has 0 bridgehead atoms. The average Bonchev–Trinajstić information content (AvgIpc) is 4.47. The van der Waals surface area contributed by atoms with Crippen LogP contribution in [0.15, 0.2) is 87.0 Å². The summed E-state index contributed by atoms with van der Waals surface area (Å²) in [5.41, 5.74) is 5.66. The number of ether oxygens (including phenoxy) is 2. The van der Waals surface area contributed by atoms with Crippen molar-refractivity contribution in [3.8, 4) is 34.5 Å². The maximum atomic E-state index is 13.8. The molecule has 0 radical (unpaired) electrons. The van der Waals surface area contributed by atoms with Crippen molar-refractivity contribution in [3.63, 3.8) is 0 Å². The van der Waals surface area contributed by atoms with E-state index in [0.29, 0.717) is 92.8 Å². The van der Waals surface area contributed by atoms with Crippen LogP contribution in [0.2, 0.25) is 0 Å². The molecule has 4 saturated carbocycles. The van der Waals surface area contributed by atoms with Crippen LogP contribution in [0.1, 0.15) is 112 Å². The summed E-state index contributed by atoms with van der Waals surface area (Å²) in [6, 6.07) is 9.44. The number of sulfonamides is 1. The van der Waals surface area contributed by atoms with E-state index in [-0.39, 0.29) is 51.2 Å². The first-order valence-corrected chi connectivity index (χ1v) is 29.4. The lowest BCUT2D eigenvalue weighted by Gasteiger charge is -2.19. The Morgan fingerprint density at radius 2 is 1.05 bits per heavy atom. The second-order valence-corrected chi connectivity index (χ2v) is 24.3. The lowest BCUT2D eigenvalue weighted by atomic mass is 10.1. The van der Waals surface area contributed by atoms with Gasteiger partial charge in [0.2, 0.25) is 21.8 Å². The van der Waals surface area contributed by atoms with Gasteiger partial charge in [-0.25, -0.2) is 71.4 Å². The van der Waals surface area contributed by atoms with Crippen molar-refractivity contribution < 1.29 is 26.3 Å². The molecule has 7 heterocycles. The van der Waals surface area contributed by atoms with E-state index in [1.165, 1.54) is 38.2 Å². The molecule has 410 valence electrons. The normalized spacial score (nSPS) is 16.2. The van der Waals surface area contributed by atoms with E-state index >= 15 is 0 Å². The Labute approximate surface area is 454 Å². The predicted octanol–water partition coefficient (Wildman–Crippen LogP) is 5.93. The number of rotatable bonds is 19. The summed E-state index contributed by atoms with van der Waals surface area (Å²) < 4.78 is 64.2. The smallest absolute Gasteiger partial charge is 0.295 e. The van der Waals surface area contributed by atoms with Gasteiger partial charge in [0.15, 0.2) is 44.4 Å². The van der Waals surface area contributed by atoms with Gasteiger partial charge in [-0.1, -0.05) is 12.1 Å². The van der Waals surface area contributed by atoms with E-state index in [1.54, 1.807) is 66.1 Å². The first kappa shape index (κ1) is 53.1. The molecule has 1 aromatic carbocycles. The zero-order valence-electron chi connectivity index (χ0n) is 44.3. The number of nitrogens with one attached hydrogen (secondary N) is 3. The van der Waals surface area contributed by atoms with Crippen molar-refractivity contribution in [2.45, 2.75) is 112 Å². The van der Waals surface area contributed by atoms with E-state index in [1.807, 2.05) is 13.8 Å². The first-order chi connectivity index (χ1) is 38.0. The summed E-state index contributed by atoms with van der Waals surface area (Å²) in [4.78, 5) is 77.7. The van der Waals surface area contributed by atoms with Crippen LogP contribution >= 0.6 is 0 Å². The van der Waals surface area contributed by atoms with Gasteiger partial charge in [-0.2, -0.15) is 0 Å². The van der Waals surface area contributed by atoms with E-state index in [0.717, 1.165) is 68.3 Å². The largest absolute Gasteiger partial charge is 0.480 e. The van der Waals surface area contributed by atoms with Gasteiger partial charge in [-0.3, -0.25) is 23.7 Å². The van der Waals surface area contributed by atoms with Gasteiger partial charge in [0.05, 0.1) is 55.1 Å². The van der Waals surface area contributed by atoms with Gasteiger partial charge in [0, 0.05) is 42.9 Å². The van der Waals surface area contributed by atoms with E-state index in [4.69, 9.17) is 19.4 Å². The summed E-state index contributed by atoms with van der Waals surface area (Å²) in [5.74, 6) is 3.33. The molecular weight excluding hydrogens is 1050 g/mol. The summed E-state index contributed by atoms with van der Waals surface area (Å²) in [6.07, 6.45) is 17.0. The molecule has 12 rings (SSSR count). The Kier molecular flexibility index (Phi) is 14.3. The highest BCUT2D eigenvalue weighted by Crippen LogP contribution is 2.47. The van der Waals surface area contributed by atoms with Crippen molar-refractivity contribution in [2.75, 3.05) is 38.2 Å². The molecule has 4 fully saturated rings. The number of methoxy groups -OCH3 is 2. The maximum Gasteiger partial charge on any atom is 0.295 e. The van der Waals surface area contributed by atoms with Crippen LogP contribution in [0.4, 0.5) is 11.6 Å². The van der Waals surface area contributed by atoms with Gasteiger partial charge in [0.25, 0.3) is 11.1 Å².